The molecule has 0 aliphatic heterocycles. The van der Waals surface area contributed by atoms with Gasteiger partial charge in [-0.25, -0.2) is 9.97 Å². The average Bonchev–Trinajstić information content (AvgIpc) is 2.78. The normalized spacial score (nSPS) is 10.8. The number of para-hydroxylation sites is 2. The zero-order chi connectivity index (χ0) is 21.3. The van der Waals surface area contributed by atoms with Gasteiger partial charge in [0.1, 0.15) is 23.9 Å². The average molecular weight is 401 g/mol. The molecule has 150 valence electrons. The molecule has 0 aliphatic rings. The predicted molar refractivity (Wildman–Crippen MR) is 110 cm³/mol. The number of aromatic nitrogens is 2. The molecule has 0 spiro atoms. The maximum absolute atomic E-state index is 12.3. The molecule has 0 atom stereocenters. The number of rotatable bonds is 8. The quantitative estimate of drug-likeness (QED) is 0.391. The van der Waals surface area contributed by atoms with Crippen LogP contribution in [-0.2, 0) is 9.53 Å². The van der Waals surface area contributed by atoms with Gasteiger partial charge in [-0.05, 0) is 18.2 Å². The zero-order valence-electron chi connectivity index (χ0n) is 16.5. The van der Waals surface area contributed by atoms with Gasteiger partial charge in [0.25, 0.3) is 0 Å². The first kappa shape index (κ1) is 20.6. The highest BCUT2D eigenvalue weighted by atomic mass is 16.5. The molecule has 0 fully saturated rings. The summed E-state index contributed by atoms with van der Waals surface area (Å²) >= 11 is 0. The van der Waals surface area contributed by atoms with E-state index >= 15 is 0 Å². The minimum absolute atomic E-state index is 0.0762. The van der Waals surface area contributed by atoms with Gasteiger partial charge in [-0.3, -0.25) is 4.79 Å². The second kappa shape index (κ2) is 9.85. The molecule has 0 unspecified atom stereocenters. The lowest BCUT2D eigenvalue weighted by molar-refractivity contribution is -0.113. The molecular formula is C23H19N3O4. The van der Waals surface area contributed by atoms with E-state index < -0.39 is 0 Å². The number of benzene rings is 2. The number of nitriles is 1. The third-order valence-corrected chi connectivity index (χ3v) is 4.09. The van der Waals surface area contributed by atoms with Crippen molar-refractivity contribution in [2.24, 2.45) is 0 Å². The van der Waals surface area contributed by atoms with Gasteiger partial charge in [-0.2, -0.15) is 5.26 Å². The third kappa shape index (κ3) is 4.80. The van der Waals surface area contributed by atoms with Crippen LogP contribution in [-0.4, -0.2) is 22.9 Å². The summed E-state index contributed by atoms with van der Waals surface area (Å²) in [7, 11) is 1.49. The van der Waals surface area contributed by atoms with Crippen LogP contribution >= 0.6 is 0 Å². The number of ketones is 1. The van der Waals surface area contributed by atoms with Gasteiger partial charge in [-0.1, -0.05) is 37.3 Å². The summed E-state index contributed by atoms with van der Waals surface area (Å²) in [5.74, 6) is 1.18. The Labute approximate surface area is 174 Å². The Balaban J connectivity index is 1.90. The van der Waals surface area contributed by atoms with Gasteiger partial charge in [0, 0.05) is 12.0 Å². The third-order valence-electron chi connectivity index (χ3n) is 4.09. The predicted octanol–water partition coefficient (Wildman–Crippen LogP) is 4.90. The molecule has 0 radical (unpaired) electrons. The van der Waals surface area contributed by atoms with Gasteiger partial charge >= 0.3 is 0 Å². The molecule has 2 aromatic carbocycles. The largest absolute Gasteiger partial charge is 0.504 e. The number of carbonyl (C=O) groups excluding carboxylic acids is 1. The fraction of sp³-hybridized carbons (Fsp3) is 0.130. The van der Waals surface area contributed by atoms with Crippen molar-refractivity contribution in [1.82, 2.24) is 9.97 Å². The van der Waals surface area contributed by atoms with Gasteiger partial charge < -0.3 is 14.2 Å². The number of hydrogen-bond donors (Lipinski definition) is 0. The van der Waals surface area contributed by atoms with E-state index in [1.54, 1.807) is 49.4 Å². The van der Waals surface area contributed by atoms with E-state index in [-0.39, 0.29) is 17.5 Å². The van der Waals surface area contributed by atoms with Crippen molar-refractivity contribution < 1.29 is 19.0 Å². The lowest BCUT2D eigenvalue weighted by Crippen LogP contribution is -2.03. The fourth-order valence-corrected chi connectivity index (χ4v) is 2.67. The summed E-state index contributed by atoms with van der Waals surface area (Å²) in [6.45, 7) is 1.78. The Morgan fingerprint density at radius 3 is 2.33 bits per heavy atom. The smallest absolute Gasteiger partial charge is 0.226 e. The first-order valence-corrected chi connectivity index (χ1v) is 9.18. The lowest BCUT2D eigenvalue weighted by atomic mass is 10.0. The van der Waals surface area contributed by atoms with Crippen molar-refractivity contribution in [2.75, 3.05) is 7.11 Å². The Hall–Kier alpha value is -4.18. The first-order chi connectivity index (χ1) is 14.7. The number of ether oxygens (including phenoxy) is 3. The number of Topliss-reactive ketones (excluding diaryl/α,β-unsaturated/α-hetero) is 1. The molecular weight excluding hydrogens is 382 g/mol. The van der Waals surface area contributed by atoms with Crippen LogP contribution in [0.1, 0.15) is 24.5 Å². The SMILES string of the molecule is CCC(=O)/C(=C/OC)c1ccccc1Oc1cc(Oc2ccccc2C#N)ncn1. The van der Waals surface area contributed by atoms with Crippen LogP contribution in [0.25, 0.3) is 5.57 Å². The fourth-order valence-electron chi connectivity index (χ4n) is 2.67. The van der Waals surface area contributed by atoms with Crippen LogP contribution in [0, 0.1) is 11.3 Å². The maximum Gasteiger partial charge on any atom is 0.226 e. The van der Waals surface area contributed by atoms with Crippen molar-refractivity contribution in [3.63, 3.8) is 0 Å². The standard InChI is InChI=1S/C23H19N3O4/c1-3-19(27)18(14-28-2)17-9-5-7-11-21(17)30-23-12-22(25-15-26-23)29-20-10-6-4-8-16(20)13-24/h4-12,14-15H,3H2,1-2H3/b18-14+. The summed E-state index contributed by atoms with van der Waals surface area (Å²) in [6, 6.07) is 17.5. The number of hydrogen-bond acceptors (Lipinski definition) is 7. The molecule has 30 heavy (non-hydrogen) atoms. The van der Waals surface area contributed by atoms with Crippen molar-refractivity contribution in [2.45, 2.75) is 13.3 Å². The molecule has 0 saturated heterocycles. The van der Waals surface area contributed by atoms with Crippen molar-refractivity contribution >= 4 is 11.4 Å². The van der Waals surface area contributed by atoms with Crippen LogP contribution in [0.2, 0.25) is 0 Å². The molecule has 3 aromatic rings. The Kier molecular flexibility index (Phi) is 6.74. The van der Waals surface area contributed by atoms with Crippen LogP contribution in [0.4, 0.5) is 0 Å². The Bertz CT molecular complexity index is 1120. The van der Waals surface area contributed by atoms with Crippen molar-refractivity contribution in [3.05, 3.63) is 78.3 Å². The van der Waals surface area contributed by atoms with E-state index in [0.717, 1.165) is 0 Å². The van der Waals surface area contributed by atoms with E-state index in [9.17, 15) is 10.1 Å². The molecule has 0 saturated carbocycles. The minimum Gasteiger partial charge on any atom is -0.504 e. The molecule has 0 aliphatic carbocycles. The summed E-state index contributed by atoms with van der Waals surface area (Å²) in [5, 5.41) is 9.21. The first-order valence-electron chi connectivity index (χ1n) is 9.18. The van der Waals surface area contributed by atoms with E-state index in [0.29, 0.717) is 34.6 Å². The summed E-state index contributed by atoms with van der Waals surface area (Å²) < 4.78 is 16.7. The lowest BCUT2D eigenvalue weighted by Gasteiger charge is -2.13. The van der Waals surface area contributed by atoms with E-state index in [2.05, 4.69) is 16.0 Å². The minimum atomic E-state index is -0.0762. The molecule has 7 nitrogen and oxygen atoms in total. The molecule has 7 heteroatoms. The highest BCUT2D eigenvalue weighted by Crippen LogP contribution is 2.32. The number of allylic oxidation sites excluding steroid dienone is 1. The number of carbonyl (C=O) groups is 1. The van der Waals surface area contributed by atoms with E-state index in [1.165, 1.54) is 25.8 Å². The summed E-state index contributed by atoms with van der Waals surface area (Å²) in [5.41, 5.74) is 1.38. The van der Waals surface area contributed by atoms with Gasteiger partial charge in [-0.15, -0.1) is 0 Å². The summed E-state index contributed by atoms with van der Waals surface area (Å²) in [4.78, 5) is 20.5. The van der Waals surface area contributed by atoms with Crippen LogP contribution < -0.4 is 9.47 Å². The highest BCUT2D eigenvalue weighted by molar-refractivity contribution is 6.21. The van der Waals surface area contributed by atoms with E-state index in [4.69, 9.17) is 14.2 Å². The molecule has 1 heterocycles. The second-order valence-corrected chi connectivity index (χ2v) is 6.05. The molecule has 0 N–H and O–H groups in total. The monoisotopic (exact) mass is 401 g/mol. The molecule has 3 rings (SSSR count). The number of nitrogens with zero attached hydrogens (tertiary/aromatic N) is 3. The highest BCUT2D eigenvalue weighted by Gasteiger charge is 2.17. The maximum atomic E-state index is 12.3. The van der Waals surface area contributed by atoms with Gasteiger partial charge in [0.15, 0.2) is 5.78 Å². The van der Waals surface area contributed by atoms with Crippen molar-refractivity contribution in [1.29, 1.82) is 5.26 Å². The molecule has 0 bridgehead atoms. The topological polar surface area (TPSA) is 94.3 Å². The van der Waals surface area contributed by atoms with Crippen LogP contribution in [0.5, 0.6) is 23.3 Å². The van der Waals surface area contributed by atoms with Crippen LogP contribution in [0.3, 0.4) is 0 Å². The van der Waals surface area contributed by atoms with Gasteiger partial charge in [0.2, 0.25) is 11.8 Å². The zero-order valence-corrected chi connectivity index (χ0v) is 16.5. The van der Waals surface area contributed by atoms with Crippen LogP contribution in [0.15, 0.2) is 67.2 Å². The second-order valence-electron chi connectivity index (χ2n) is 6.05. The van der Waals surface area contributed by atoms with Gasteiger partial charge in [0.05, 0.1) is 30.6 Å². The van der Waals surface area contributed by atoms with E-state index in [1.807, 2.05) is 6.07 Å². The van der Waals surface area contributed by atoms with Crippen molar-refractivity contribution in [3.8, 4) is 29.3 Å². The molecule has 0 amide bonds. The summed E-state index contributed by atoms with van der Waals surface area (Å²) in [6.07, 6.45) is 3.03. The Morgan fingerprint density at radius 2 is 1.67 bits per heavy atom. The molecule has 1 aromatic heterocycles. The number of methoxy groups -OCH3 is 1. The Morgan fingerprint density at radius 1 is 1.03 bits per heavy atom.